The predicted octanol–water partition coefficient (Wildman–Crippen LogP) is 2.63. The summed E-state index contributed by atoms with van der Waals surface area (Å²) in [4.78, 5) is 25.2. The van der Waals surface area contributed by atoms with Crippen molar-refractivity contribution in [3.05, 3.63) is 30.1 Å². The Balaban J connectivity index is 1.79. The number of rotatable bonds is 5. The zero-order chi connectivity index (χ0) is 15.2. The number of piperidine rings is 1. The van der Waals surface area contributed by atoms with E-state index in [1.165, 1.54) is 17.8 Å². The highest BCUT2D eigenvalue weighted by Gasteiger charge is 2.27. The Morgan fingerprint density at radius 3 is 2.86 bits per heavy atom. The number of hydrogen-bond donors (Lipinski definition) is 1. The van der Waals surface area contributed by atoms with E-state index in [9.17, 15) is 14.0 Å². The summed E-state index contributed by atoms with van der Waals surface area (Å²) >= 11 is 1.31. The lowest BCUT2D eigenvalue weighted by Gasteiger charge is -2.30. The van der Waals surface area contributed by atoms with Gasteiger partial charge in [-0.15, -0.1) is 11.8 Å². The van der Waals surface area contributed by atoms with Gasteiger partial charge in [0.1, 0.15) is 5.82 Å². The molecule has 1 aromatic rings. The number of carbonyl (C=O) groups excluding carboxylic acids is 1. The average molecular weight is 311 g/mol. The van der Waals surface area contributed by atoms with Crippen molar-refractivity contribution >= 4 is 23.6 Å². The van der Waals surface area contributed by atoms with Gasteiger partial charge < -0.3 is 10.0 Å². The maximum atomic E-state index is 13.4. The quantitative estimate of drug-likeness (QED) is 0.849. The van der Waals surface area contributed by atoms with Crippen molar-refractivity contribution in [1.29, 1.82) is 0 Å². The second-order valence-corrected chi connectivity index (χ2v) is 6.18. The molecule has 1 N–H and O–H groups in total. The fourth-order valence-corrected chi connectivity index (χ4v) is 3.25. The van der Waals surface area contributed by atoms with Gasteiger partial charge in [-0.05, 0) is 25.0 Å². The van der Waals surface area contributed by atoms with Crippen LogP contribution in [0.3, 0.4) is 0 Å². The van der Waals surface area contributed by atoms with Gasteiger partial charge in [-0.25, -0.2) is 4.39 Å². The molecule has 1 aromatic carbocycles. The first-order valence-electron chi connectivity index (χ1n) is 6.96. The minimum absolute atomic E-state index is 0.0511. The molecule has 0 aliphatic carbocycles. The number of nitrogens with zero attached hydrogens (tertiary/aromatic N) is 1. The summed E-state index contributed by atoms with van der Waals surface area (Å²) < 4.78 is 13.4. The van der Waals surface area contributed by atoms with Gasteiger partial charge in [0.2, 0.25) is 5.91 Å². The van der Waals surface area contributed by atoms with Crippen LogP contribution in [0.5, 0.6) is 0 Å². The lowest BCUT2D eigenvalue weighted by atomic mass is 9.98. The van der Waals surface area contributed by atoms with Crippen molar-refractivity contribution in [2.24, 2.45) is 5.92 Å². The lowest BCUT2D eigenvalue weighted by molar-refractivity contribution is -0.145. The van der Waals surface area contributed by atoms with E-state index in [0.29, 0.717) is 36.6 Å². The molecule has 1 unspecified atom stereocenters. The third-order valence-corrected chi connectivity index (χ3v) is 4.58. The molecule has 1 heterocycles. The molecule has 1 fully saturated rings. The van der Waals surface area contributed by atoms with Crippen LogP contribution in [-0.4, -0.2) is 40.7 Å². The smallest absolute Gasteiger partial charge is 0.308 e. The molecule has 1 aliphatic heterocycles. The van der Waals surface area contributed by atoms with E-state index in [-0.39, 0.29) is 11.7 Å². The van der Waals surface area contributed by atoms with E-state index in [0.717, 1.165) is 6.42 Å². The first-order valence-corrected chi connectivity index (χ1v) is 7.94. The first kappa shape index (κ1) is 15.8. The van der Waals surface area contributed by atoms with Crippen LogP contribution < -0.4 is 0 Å². The summed E-state index contributed by atoms with van der Waals surface area (Å²) in [6, 6.07) is 6.47. The number of hydrogen-bond acceptors (Lipinski definition) is 3. The van der Waals surface area contributed by atoms with E-state index >= 15 is 0 Å². The van der Waals surface area contributed by atoms with Crippen molar-refractivity contribution in [2.45, 2.75) is 24.2 Å². The van der Waals surface area contributed by atoms with E-state index in [2.05, 4.69) is 0 Å². The molecule has 1 amide bonds. The second kappa shape index (κ2) is 7.45. The Bertz CT molecular complexity index is 523. The molecule has 1 atom stereocenters. The van der Waals surface area contributed by atoms with E-state index < -0.39 is 11.9 Å². The fraction of sp³-hybridized carbons (Fsp3) is 0.467. The summed E-state index contributed by atoms with van der Waals surface area (Å²) in [6.07, 6.45) is 1.65. The highest BCUT2D eigenvalue weighted by atomic mass is 32.2. The second-order valence-electron chi connectivity index (χ2n) is 5.05. The zero-order valence-corrected chi connectivity index (χ0v) is 12.4. The molecule has 2 rings (SSSR count). The zero-order valence-electron chi connectivity index (χ0n) is 11.6. The minimum Gasteiger partial charge on any atom is -0.481 e. The number of benzene rings is 1. The van der Waals surface area contributed by atoms with Crippen LogP contribution >= 0.6 is 11.8 Å². The molecule has 0 radical (unpaired) electrons. The van der Waals surface area contributed by atoms with Crippen molar-refractivity contribution in [3.63, 3.8) is 0 Å². The van der Waals surface area contributed by atoms with Crippen LogP contribution in [-0.2, 0) is 9.59 Å². The topological polar surface area (TPSA) is 57.6 Å². The summed E-state index contributed by atoms with van der Waals surface area (Å²) in [5, 5.41) is 9.01. The molecule has 21 heavy (non-hydrogen) atoms. The maximum absolute atomic E-state index is 13.4. The van der Waals surface area contributed by atoms with E-state index in [1.807, 2.05) is 0 Å². The number of carbonyl (C=O) groups is 2. The fourth-order valence-electron chi connectivity index (χ4n) is 2.37. The molecule has 4 nitrogen and oxygen atoms in total. The number of likely N-dealkylation sites (tertiary alicyclic amines) is 1. The molecule has 0 bridgehead atoms. The summed E-state index contributed by atoms with van der Waals surface area (Å²) in [6.45, 7) is 0.908. The van der Waals surface area contributed by atoms with Crippen molar-refractivity contribution in [1.82, 2.24) is 4.90 Å². The monoisotopic (exact) mass is 311 g/mol. The number of thioether (sulfide) groups is 1. The standard InChI is InChI=1S/C15H18FNO3S/c16-12-5-1-2-6-13(12)21-9-7-14(18)17-8-3-4-11(10-17)15(19)20/h1-2,5-6,11H,3-4,7-10H2,(H,19,20). The van der Waals surface area contributed by atoms with Gasteiger partial charge in [-0.3, -0.25) is 9.59 Å². The molecular weight excluding hydrogens is 293 g/mol. The molecule has 6 heteroatoms. The highest BCUT2D eigenvalue weighted by molar-refractivity contribution is 7.99. The van der Waals surface area contributed by atoms with Gasteiger partial charge in [0.25, 0.3) is 0 Å². The molecule has 0 saturated carbocycles. The SMILES string of the molecule is O=C(O)C1CCCN(C(=O)CCSc2ccccc2F)C1. The number of carboxylic acids is 1. The summed E-state index contributed by atoms with van der Waals surface area (Å²) in [7, 11) is 0. The van der Waals surface area contributed by atoms with Gasteiger partial charge in [0, 0.05) is 30.2 Å². The Hall–Kier alpha value is -1.56. The van der Waals surface area contributed by atoms with E-state index in [4.69, 9.17) is 5.11 Å². The summed E-state index contributed by atoms with van der Waals surface area (Å²) in [5.74, 6) is -1.13. The van der Waals surface area contributed by atoms with Crippen LogP contribution in [0.15, 0.2) is 29.2 Å². The van der Waals surface area contributed by atoms with Crippen LogP contribution in [0.4, 0.5) is 4.39 Å². The van der Waals surface area contributed by atoms with Crippen molar-refractivity contribution < 1.29 is 19.1 Å². The summed E-state index contributed by atoms with van der Waals surface area (Å²) in [5.41, 5.74) is 0. The third kappa shape index (κ3) is 4.46. The number of halogens is 1. The maximum Gasteiger partial charge on any atom is 0.308 e. The normalized spacial score (nSPS) is 18.5. The largest absolute Gasteiger partial charge is 0.481 e. The van der Waals surface area contributed by atoms with Crippen LogP contribution in [0.2, 0.25) is 0 Å². The van der Waals surface area contributed by atoms with Crippen molar-refractivity contribution in [2.75, 3.05) is 18.8 Å². The molecule has 114 valence electrons. The van der Waals surface area contributed by atoms with Gasteiger partial charge in [0.15, 0.2) is 0 Å². The third-order valence-electron chi connectivity index (χ3n) is 3.53. The molecule has 1 saturated heterocycles. The first-order chi connectivity index (χ1) is 10.1. The van der Waals surface area contributed by atoms with Crippen LogP contribution in [0, 0.1) is 11.7 Å². The van der Waals surface area contributed by atoms with Crippen LogP contribution in [0.25, 0.3) is 0 Å². The Morgan fingerprint density at radius 1 is 1.38 bits per heavy atom. The molecule has 1 aliphatic rings. The Labute approximate surface area is 127 Å². The average Bonchev–Trinajstić information content (AvgIpc) is 2.49. The number of aliphatic carboxylic acids is 1. The highest BCUT2D eigenvalue weighted by Crippen LogP contribution is 2.23. The Kier molecular flexibility index (Phi) is 5.61. The van der Waals surface area contributed by atoms with Gasteiger partial charge in [-0.1, -0.05) is 12.1 Å². The Morgan fingerprint density at radius 2 is 2.14 bits per heavy atom. The minimum atomic E-state index is -0.840. The number of amides is 1. The van der Waals surface area contributed by atoms with Crippen LogP contribution in [0.1, 0.15) is 19.3 Å². The number of carboxylic acid groups (broad SMARTS) is 1. The van der Waals surface area contributed by atoms with Gasteiger partial charge in [0.05, 0.1) is 5.92 Å². The molecule has 0 aromatic heterocycles. The van der Waals surface area contributed by atoms with E-state index in [1.54, 1.807) is 23.1 Å². The van der Waals surface area contributed by atoms with Gasteiger partial charge in [-0.2, -0.15) is 0 Å². The molecule has 0 spiro atoms. The van der Waals surface area contributed by atoms with Crippen molar-refractivity contribution in [3.8, 4) is 0 Å². The lowest BCUT2D eigenvalue weighted by Crippen LogP contribution is -2.42. The predicted molar refractivity (Wildman–Crippen MR) is 78.7 cm³/mol. The molecular formula is C15H18FNO3S. The van der Waals surface area contributed by atoms with Gasteiger partial charge >= 0.3 is 5.97 Å².